The summed E-state index contributed by atoms with van der Waals surface area (Å²) in [7, 11) is 0. The third-order valence-corrected chi connectivity index (χ3v) is 9.64. The molecule has 5 unspecified atom stereocenters. The number of aromatic nitrogens is 2. The predicted molar refractivity (Wildman–Crippen MR) is 151 cm³/mol. The third-order valence-electron chi connectivity index (χ3n) is 5.27. The number of rotatable bonds is 12. The van der Waals surface area contributed by atoms with Gasteiger partial charge in [-0.05, 0) is 39.5 Å². The van der Waals surface area contributed by atoms with Crippen molar-refractivity contribution in [2.75, 3.05) is 19.0 Å². The molecule has 0 spiro atoms. The summed E-state index contributed by atoms with van der Waals surface area (Å²) >= 11 is 13.3. The van der Waals surface area contributed by atoms with Crippen molar-refractivity contribution in [1.29, 1.82) is 0 Å². The van der Waals surface area contributed by atoms with Crippen LogP contribution in [0.5, 0.6) is 0 Å². The standard InChI is InChI=1S/C23H37ClN3O8PS2/c1-13(2)34-20(29)15(4)26-36(37,32-8-9-38-21(30)23(5,6)7)33-12-17-16(24)10-18(35-17)27-11-14(3)19(28)25-22(27)31/h11,13,15-18H,8-10,12H2,1-7H3,(H,26,37)(H,25,28,31). The molecular formula is C23H37ClN3O8PS2. The van der Waals surface area contributed by atoms with Crippen molar-refractivity contribution in [3.05, 3.63) is 32.6 Å². The van der Waals surface area contributed by atoms with Crippen LogP contribution in [0.3, 0.4) is 0 Å². The molecule has 38 heavy (non-hydrogen) atoms. The number of carbonyl (C=O) groups is 2. The van der Waals surface area contributed by atoms with Crippen LogP contribution in [-0.4, -0.2) is 63.2 Å². The number of aryl methyl sites for hydroxylation is 1. The molecule has 1 aliphatic rings. The highest BCUT2D eigenvalue weighted by Crippen LogP contribution is 2.46. The van der Waals surface area contributed by atoms with Gasteiger partial charge in [-0.2, -0.15) is 0 Å². The molecular weight excluding hydrogens is 577 g/mol. The second-order valence-corrected chi connectivity index (χ2v) is 15.0. The molecule has 5 atom stereocenters. The number of carbonyl (C=O) groups excluding carboxylic acids is 2. The first-order valence-corrected chi connectivity index (χ1v) is 16.2. The molecule has 1 fully saturated rings. The average molecular weight is 614 g/mol. The lowest BCUT2D eigenvalue weighted by molar-refractivity contribution is -0.149. The number of alkyl halides is 1. The van der Waals surface area contributed by atoms with Gasteiger partial charge in [0.05, 0.1) is 24.7 Å². The van der Waals surface area contributed by atoms with Crippen molar-refractivity contribution >= 4 is 52.9 Å². The molecule has 0 bridgehead atoms. The van der Waals surface area contributed by atoms with Gasteiger partial charge in [0.2, 0.25) is 0 Å². The van der Waals surface area contributed by atoms with Crippen LogP contribution in [0.4, 0.5) is 0 Å². The zero-order valence-electron chi connectivity index (χ0n) is 22.6. The Bertz CT molecular complexity index is 1150. The first-order valence-electron chi connectivity index (χ1n) is 12.2. The lowest BCUT2D eigenvalue weighted by Crippen LogP contribution is -2.36. The molecule has 1 aliphatic heterocycles. The zero-order valence-corrected chi connectivity index (χ0v) is 25.9. The number of H-pyrrole nitrogens is 1. The fraction of sp³-hybridized carbons (Fsp3) is 0.739. The number of hydrogen-bond acceptors (Lipinski definition) is 10. The van der Waals surface area contributed by atoms with E-state index in [1.54, 1.807) is 27.7 Å². The lowest BCUT2D eigenvalue weighted by atomic mass is 10.00. The minimum absolute atomic E-state index is 0.0141. The molecule has 2 N–H and O–H groups in total. The van der Waals surface area contributed by atoms with E-state index in [1.807, 2.05) is 20.8 Å². The van der Waals surface area contributed by atoms with E-state index in [9.17, 15) is 19.2 Å². The van der Waals surface area contributed by atoms with Crippen molar-refractivity contribution in [2.45, 2.75) is 84.7 Å². The molecule has 0 amide bonds. The van der Waals surface area contributed by atoms with Crippen molar-refractivity contribution in [3.8, 4) is 0 Å². The maximum absolute atomic E-state index is 12.4. The third kappa shape index (κ3) is 9.85. The summed E-state index contributed by atoms with van der Waals surface area (Å²) in [4.78, 5) is 50.8. The maximum Gasteiger partial charge on any atom is 0.330 e. The Hall–Kier alpha value is -1.05. The van der Waals surface area contributed by atoms with E-state index in [4.69, 9.17) is 41.9 Å². The number of ether oxygens (including phenoxy) is 2. The van der Waals surface area contributed by atoms with Crippen molar-refractivity contribution in [2.24, 2.45) is 5.41 Å². The van der Waals surface area contributed by atoms with Crippen LogP contribution in [0.2, 0.25) is 0 Å². The summed E-state index contributed by atoms with van der Waals surface area (Å²) in [5.41, 5.74) is -1.21. The van der Waals surface area contributed by atoms with Gasteiger partial charge in [-0.25, -0.2) is 9.88 Å². The highest BCUT2D eigenvalue weighted by atomic mass is 35.5. The largest absolute Gasteiger partial charge is 0.462 e. The Kier molecular flexibility index (Phi) is 12.2. The molecule has 0 saturated carbocycles. The molecule has 0 aliphatic carbocycles. The quantitative estimate of drug-likeness (QED) is 0.155. The van der Waals surface area contributed by atoms with Crippen LogP contribution in [0.25, 0.3) is 0 Å². The average Bonchev–Trinajstić information content (AvgIpc) is 3.16. The van der Waals surface area contributed by atoms with Gasteiger partial charge in [0.25, 0.3) is 12.2 Å². The van der Waals surface area contributed by atoms with Gasteiger partial charge in [0.1, 0.15) is 18.4 Å². The van der Waals surface area contributed by atoms with E-state index < -0.39 is 53.0 Å². The van der Waals surface area contributed by atoms with Crippen LogP contribution >= 0.6 is 30.0 Å². The van der Waals surface area contributed by atoms with Gasteiger partial charge < -0.3 is 18.5 Å². The summed E-state index contributed by atoms with van der Waals surface area (Å²) in [5, 5.41) is 2.43. The summed E-state index contributed by atoms with van der Waals surface area (Å²) in [6, 6.07) is -0.821. The van der Waals surface area contributed by atoms with Crippen LogP contribution in [0, 0.1) is 12.3 Å². The van der Waals surface area contributed by atoms with Gasteiger partial charge in [-0.1, -0.05) is 32.5 Å². The maximum atomic E-state index is 12.4. The van der Waals surface area contributed by atoms with Gasteiger partial charge in [0, 0.05) is 29.3 Å². The lowest BCUT2D eigenvalue weighted by Gasteiger charge is -2.28. The molecule has 1 saturated heterocycles. The fourth-order valence-electron chi connectivity index (χ4n) is 3.23. The second kappa shape index (κ2) is 14.0. The smallest absolute Gasteiger partial charge is 0.330 e. The number of nitrogens with zero attached hydrogens (tertiary/aromatic N) is 1. The minimum atomic E-state index is -3.26. The second-order valence-electron chi connectivity index (χ2n) is 10.2. The fourth-order valence-corrected chi connectivity index (χ4v) is 6.78. The Morgan fingerprint density at radius 3 is 2.58 bits per heavy atom. The highest BCUT2D eigenvalue weighted by molar-refractivity contribution is 8.13. The number of nitrogens with one attached hydrogen (secondary N) is 2. The number of halogens is 1. The molecule has 216 valence electrons. The first-order chi connectivity index (χ1) is 17.5. The summed E-state index contributed by atoms with van der Waals surface area (Å²) < 4.78 is 24.4. The summed E-state index contributed by atoms with van der Waals surface area (Å²) in [6.07, 6.45) is 0.0450. The highest BCUT2D eigenvalue weighted by Gasteiger charge is 2.38. The molecule has 15 heteroatoms. The first kappa shape index (κ1) is 33.2. The molecule has 2 heterocycles. The van der Waals surface area contributed by atoms with Crippen LogP contribution in [0.1, 0.15) is 59.8 Å². The normalized spacial score (nSPS) is 22.3. The molecule has 1 aromatic rings. The van der Waals surface area contributed by atoms with Crippen LogP contribution < -0.4 is 16.3 Å². The molecule has 1 aromatic heterocycles. The Morgan fingerprint density at radius 1 is 1.32 bits per heavy atom. The zero-order chi connectivity index (χ0) is 28.8. The predicted octanol–water partition coefficient (Wildman–Crippen LogP) is 3.23. The van der Waals surface area contributed by atoms with E-state index >= 15 is 0 Å². The van der Waals surface area contributed by atoms with E-state index in [0.717, 1.165) is 11.8 Å². The van der Waals surface area contributed by atoms with Gasteiger partial charge in [0.15, 0.2) is 5.12 Å². The van der Waals surface area contributed by atoms with Crippen LogP contribution in [-0.2, 0) is 39.9 Å². The molecule has 0 aromatic carbocycles. The van der Waals surface area contributed by atoms with E-state index in [0.29, 0.717) is 17.7 Å². The van der Waals surface area contributed by atoms with E-state index in [1.165, 1.54) is 10.8 Å². The van der Waals surface area contributed by atoms with E-state index in [-0.39, 0.29) is 24.4 Å². The summed E-state index contributed by atoms with van der Waals surface area (Å²) in [5.74, 6) is -0.169. The number of esters is 1. The van der Waals surface area contributed by atoms with Crippen LogP contribution in [0.15, 0.2) is 15.8 Å². The molecule has 2 rings (SSSR count). The molecule has 0 radical (unpaired) electrons. The van der Waals surface area contributed by atoms with Gasteiger partial charge in [-0.15, -0.1) is 11.6 Å². The SMILES string of the molecule is Cc1cn(C2CC(Cl)C(COP(=S)(NC(C)C(=O)OC(C)C)OCCSC(=O)C(C)(C)C)O2)c(=O)[nH]c1=O. The number of aromatic amines is 1. The van der Waals surface area contributed by atoms with Crippen molar-refractivity contribution < 1.29 is 28.1 Å². The van der Waals surface area contributed by atoms with Gasteiger partial charge in [-0.3, -0.25) is 23.9 Å². The van der Waals surface area contributed by atoms with Crippen molar-refractivity contribution in [3.63, 3.8) is 0 Å². The number of hydrogen-bond donors (Lipinski definition) is 2. The Balaban J connectivity index is 2.08. The monoisotopic (exact) mass is 613 g/mol. The van der Waals surface area contributed by atoms with Gasteiger partial charge >= 0.3 is 11.7 Å². The number of thioether (sulfide) groups is 1. The summed E-state index contributed by atoms with van der Waals surface area (Å²) in [6.45, 7) is 8.91. The molecule has 11 nitrogen and oxygen atoms in total. The Morgan fingerprint density at radius 2 is 1.97 bits per heavy atom. The Labute approximate surface area is 236 Å². The topological polar surface area (TPSA) is 138 Å². The van der Waals surface area contributed by atoms with Crippen molar-refractivity contribution in [1.82, 2.24) is 14.6 Å². The van der Waals surface area contributed by atoms with E-state index in [2.05, 4.69) is 10.1 Å². The minimum Gasteiger partial charge on any atom is -0.462 e.